The average molecular weight is 360 g/mol. The van der Waals surface area contributed by atoms with Crippen LogP contribution < -0.4 is 16.6 Å². The van der Waals surface area contributed by atoms with E-state index in [0.29, 0.717) is 36.1 Å². The molecule has 2 aliphatic heterocycles. The molecule has 0 aliphatic carbocycles. The summed E-state index contributed by atoms with van der Waals surface area (Å²) in [5.74, 6) is 1.07. The van der Waals surface area contributed by atoms with Gasteiger partial charge in [0.1, 0.15) is 6.54 Å². The molecule has 2 aromatic heterocycles. The fourth-order valence-electron chi connectivity index (χ4n) is 4.24. The van der Waals surface area contributed by atoms with Crippen molar-refractivity contribution < 1.29 is 4.79 Å². The summed E-state index contributed by atoms with van der Waals surface area (Å²) in [6, 6.07) is 0. The van der Waals surface area contributed by atoms with Crippen LogP contribution in [0.25, 0.3) is 11.2 Å². The largest absolute Gasteiger partial charge is 0.341 e. The molecule has 1 N–H and O–H groups in total. The lowest BCUT2D eigenvalue weighted by molar-refractivity contribution is -0.132. The Kier molecular flexibility index (Phi) is 4.18. The molecule has 0 aromatic carbocycles. The fourth-order valence-corrected chi connectivity index (χ4v) is 4.24. The minimum absolute atomic E-state index is 0.168. The summed E-state index contributed by atoms with van der Waals surface area (Å²) in [6.45, 7) is 3.18. The number of carbonyl (C=O) groups excluding carboxylic acids is 1. The third kappa shape index (κ3) is 2.66. The number of nitrogens with one attached hydrogen (secondary N) is 1. The number of imidazole rings is 1. The molecule has 1 amide bonds. The van der Waals surface area contributed by atoms with Gasteiger partial charge in [-0.05, 0) is 37.8 Å². The summed E-state index contributed by atoms with van der Waals surface area (Å²) in [5.41, 5.74) is -0.310. The zero-order valence-corrected chi connectivity index (χ0v) is 15.1. The van der Waals surface area contributed by atoms with Gasteiger partial charge in [0.05, 0.1) is 6.33 Å². The molecule has 4 heterocycles. The highest BCUT2D eigenvalue weighted by molar-refractivity contribution is 5.77. The molecule has 9 nitrogen and oxygen atoms in total. The summed E-state index contributed by atoms with van der Waals surface area (Å²) in [7, 11) is 3.27. The molecule has 140 valence electrons. The van der Waals surface area contributed by atoms with Crippen molar-refractivity contribution in [2.24, 2.45) is 25.9 Å². The highest BCUT2D eigenvalue weighted by Gasteiger charge is 2.31. The lowest BCUT2D eigenvalue weighted by atomic mass is 9.92. The van der Waals surface area contributed by atoms with Gasteiger partial charge in [0, 0.05) is 27.2 Å². The molecule has 9 heteroatoms. The van der Waals surface area contributed by atoms with Crippen molar-refractivity contribution in [2.45, 2.75) is 19.4 Å². The van der Waals surface area contributed by atoms with Crippen LogP contribution in [-0.4, -0.2) is 55.7 Å². The zero-order chi connectivity index (χ0) is 18.4. The van der Waals surface area contributed by atoms with Crippen molar-refractivity contribution in [1.29, 1.82) is 0 Å². The van der Waals surface area contributed by atoms with Crippen LogP contribution in [0.2, 0.25) is 0 Å². The van der Waals surface area contributed by atoms with Crippen LogP contribution in [0.5, 0.6) is 0 Å². The second-order valence-electron chi connectivity index (χ2n) is 7.40. The highest BCUT2D eigenvalue weighted by atomic mass is 16.2. The molecule has 26 heavy (non-hydrogen) atoms. The van der Waals surface area contributed by atoms with Gasteiger partial charge in [0.2, 0.25) is 5.91 Å². The zero-order valence-electron chi connectivity index (χ0n) is 15.1. The number of aromatic nitrogens is 4. The topological polar surface area (TPSA) is 94.2 Å². The summed E-state index contributed by atoms with van der Waals surface area (Å²) in [5, 5.41) is 3.42. The molecule has 2 fully saturated rings. The first-order valence-corrected chi connectivity index (χ1v) is 9.06. The van der Waals surface area contributed by atoms with Crippen LogP contribution in [0, 0.1) is 11.8 Å². The van der Waals surface area contributed by atoms with Gasteiger partial charge in [-0.15, -0.1) is 0 Å². The Bertz CT molecular complexity index is 957. The first-order valence-electron chi connectivity index (χ1n) is 9.06. The lowest BCUT2D eigenvalue weighted by Gasteiger charge is -2.21. The lowest BCUT2D eigenvalue weighted by Crippen LogP contribution is -2.45. The first-order chi connectivity index (χ1) is 12.5. The van der Waals surface area contributed by atoms with Gasteiger partial charge in [0.15, 0.2) is 11.2 Å². The third-order valence-electron chi connectivity index (χ3n) is 5.87. The molecular weight excluding hydrogens is 336 g/mol. The third-order valence-corrected chi connectivity index (χ3v) is 5.87. The number of likely N-dealkylation sites (tertiary alicyclic amines) is 1. The van der Waals surface area contributed by atoms with Crippen LogP contribution in [0.15, 0.2) is 15.9 Å². The van der Waals surface area contributed by atoms with Crippen molar-refractivity contribution in [1.82, 2.24) is 28.9 Å². The van der Waals surface area contributed by atoms with E-state index in [0.717, 1.165) is 30.5 Å². The molecule has 0 radical (unpaired) electrons. The summed E-state index contributed by atoms with van der Waals surface area (Å²) in [6.07, 6.45) is 3.44. The Morgan fingerprint density at radius 2 is 1.85 bits per heavy atom. The van der Waals surface area contributed by atoms with Crippen LogP contribution in [-0.2, 0) is 25.4 Å². The van der Waals surface area contributed by atoms with Crippen molar-refractivity contribution >= 4 is 17.1 Å². The Labute approximate surface area is 150 Å². The standard InChI is InChI=1S/C17H24N6O3/c1-20-10-19-15-14(20)16(25)23(17(26)21(15)2)9-13(24)22-5-3-11-7-18-8-12(11)4-6-22/h10-12,18H,3-9H2,1-2H3/t11-,12+. The van der Waals surface area contributed by atoms with Crippen LogP contribution in [0.1, 0.15) is 12.8 Å². The van der Waals surface area contributed by atoms with Gasteiger partial charge in [-0.1, -0.05) is 0 Å². The summed E-state index contributed by atoms with van der Waals surface area (Å²) >= 11 is 0. The van der Waals surface area contributed by atoms with E-state index < -0.39 is 11.2 Å². The normalized spacial score (nSPS) is 23.2. The van der Waals surface area contributed by atoms with Gasteiger partial charge >= 0.3 is 5.69 Å². The SMILES string of the molecule is Cn1cnc2c1c(=O)n(CC(=O)N1CC[C@@H]3CNC[C@@H]3CC1)c(=O)n2C. The quantitative estimate of drug-likeness (QED) is 0.733. The number of hydrogen-bond acceptors (Lipinski definition) is 5. The van der Waals surface area contributed by atoms with Crippen molar-refractivity contribution in [3.8, 4) is 0 Å². The van der Waals surface area contributed by atoms with Gasteiger partial charge < -0.3 is 14.8 Å². The number of amides is 1. The smallest absolute Gasteiger partial charge is 0.332 e. The molecule has 2 aromatic rings. The van der Waals surface area contributed by atoms with Crippen molar-refractivity contribution in [2.75, 3.05) is 26.2 Å². The van der Waals surface area contributed by atoms with Crippen LogP contribution >= 0.6 is 0 Å². The molecule has 0 bridgehead atoms. The Morgan fingerprint density at radius 3 is 2.50 bits per heavy atom. The number of aryl methyl sites for hydroxylation is 2. The number of carbonyl (C=O) groups is 1. The van der Waals surface area contributed by atoms with Gasteiger partial charge in [0.25, 0.3) is 5.56 Å². The Morgan fingerprint density at radius 1 is 1.19 bits per heavy atom. The molecule has 0 saturated carbocycles. The molecular formula is C17H24N6O3. The van der Waals surface area contributed by atoms with Crippen LogP contribution in [0.4, 0.5) is 0 Å². The predicted molar refractivity (Wildman–Crippen MR) is 95.9 cm³/mol. The second kappa shape index (κ2) is 6.39. The van der Waals surface area contributed by atoms with E-state index in [1.165, 1.54) is 10.9 Å². The maximum absolute atomic E-state index is 12.8. The molecule has 4 rings (SSSR count). The van der Waals surface area contributed by atoms with E-state index in [-0.39, 0.29) is 12.5 Å². The maximum Gasteiger partial charge on any atom is 0.332 e. The van der Waals surface area contributed by atoms with E-state index in [2.05, 4.69) is 10.3 Å². The predicted octanol–water partition coefficient (Wildman–Crippen LogP) is -1.11. The average Bonchev–Trinajstić information content (AvgIpc) is 3.18. The Hall–Kier alpha value is -2.42. The maximum atomic E-state index is 12.8. The minimum Gasteiger partial charge on any atom is -0.341 e. The molecule has 2 atom stereocenters. The van der Waals surface area contributed by atoms with Crippen molar-refractivity contribution in [3.05, 3.63) is 27.2 Å². The minimum atomic E-state index is -0.509. The van der Waals surface area contributed by atoms with Gasteiger partial charge in [-0.25, -0.2) is 14.3 Å². The van der Waals surface area contributed by atoms with E-state index in [4.69, 9.17) is 0 Å². The molecule has 2 saturated heterocycles. The number of fused-ring (bicyclic) bond motifs is 2. The number of nitrogens with zero attached hydrogens (tertiary/aromatic N) is 5. The van der Waals surface area contributed by atoms with E-state index >= 15 is 0 Å². The van der Waals surface area contributed by atoms with Gasteiger partial charge in [-0.2, -0.15) is 0 Å². The first kappa shape index (κ1) is 17.0. The van der Waals surface area contributed by atoms with E-state index in [1.54, 1.807) is 23.6 Å². The van der Waals surface area contributed by atoms with Crippen LogP contribution in [0.3, 0.4) is 0 Å². The van der Waals surface area contributed by atoms with E-state index in [1.807, 2.05) is 0 Å². The summed E-state index contributed by atoms with van der Waals surface area (Å²) < 4.78 is 3.93. The monoisotopic (exact) mass is 360 g/mol. The highest BCUT2D eigenvalue weighted by Crippen LogP contribution is 2.27. The summed E-state index contributed by atoms with van der Waals surface area (Å²) in [4.78, 5) is 44.0. The molecule has 0 spiro atoms. The second-order valence-corrected chi connectivity index (χ2v) is 7.40. The van der Waals surface area contributed by atoms with Crippen molar-refractivity contribution in [3.63, 3.8) is 0 Å². The fraction of sp³-hybridized carbons (Fsp3) is 0.647. The van der Waals surface area contributed by atoms with E-state index in [9.17, 15) is 14.4 Å². The Balaban J connectivity index is 1.61. The number of rotatable bonds is 2. The van der Waals surface area contributed by atoms with Gasteiger partial charge in [-0.3, -0.25) is 14.2 Å². The molecule has 0 unspecified atom stereocenters. The number of hydrogen-bond donors (Lipinski definition) is 1. The molecule has 2 aliphatic rings.